The van der Waals surface area contributed by atoms with Gasteiger partial charge in [0, 0.05) is 0 Å². The Morgan fingerprint density at radius 1 is 1.05 bits per heavy atom. The molecule has 1 saturated heterocycles. The first-order chi connectivity index (χ1) is 10.4. The lowest BCUT2D eigenvalue weighted by Gasteiger charge is -2.39. The molecular formula is C16H28O6. The van der Waals surface area contributed by atoms with E-state index < -0.39 is 37.3 Å². The zero-order valence-corrected chi connectivity index (χ0v) is 13.5. The van der Waals surface area contributed by atoms with Gasteiger partial charge in [-0.15, -0.1) is 0 Å². The van der Waals surface area contributed by atoms with Crippen LogP contribution in [-0.4, -0.2) is 64.3 Å². The first kappa shape index (κ1) is 19.3. The van der Waals surface area contributed by atoms with Gasteiger partial charge in [0.2, 0.25) is 0 Å². The molecule has 5 atom stereocenters. The Morgan fingerprint density at radius 3 is 2.32 bits per heavy atom. The van der Waals surface area contributed by atoms with Crippen molar-refractivity contribution in [2.24, 2.45) is 0 Å². The van der Waals surface area contributed by atoms with E-state index in [4.69, 9.17) is 14.6 Å². The second-order valence-electron chi connectivity index (χ2n) is 5.90. The fourth-order valence-corrected chi connectivity index (χ4v) is 2.18. The van der Waals surface area contributed by atoms with Crippen molar-refractivity contribution in [3.63, 3.8) is 0 Å². The van der Waals surface area contributed by atoms with Gasteiger partial charge in [-0.2, -0.15) is 0 Å². The third kappa shape index (κ3) is 5.79. The molecule has 0 spiro atoms. The van der Waals surface area contributed by atoms with Crippen LogP contribution in [0.1, 0.15) is 33.6 Å². The van der Waals surface area contributed by atoms with Gasteiger partial charge in [-0.3, -0.25) is 0 Å². The van der Waals surface area contributed by atoms with Crippen LogP contribution in [0.5, 0.6) is 0 Å². The summed E-state index contributed by atoms with van der Waals surface area (Å²) in [5.74, 6) is 0. The molecule has 0 aliphatic carbocycles. The van der Waals surface area contributed by atoms with Crippen molar-refractivity contribution < 1.29 is 29.9 Å². The normalized spacial score (nSPS) is 32.9. The van der Waals surface area contributed by atoms with Gasteiger partial charge < -0.3 is 29.9 Å². The van der Waals surface area contributed by atoms with E-state index in [9.17, 15) is 15.3 Å². The smallest absolute Gasteiger partial charge is 0.187 e. The van der Waals surface area contributed by atoms with E-state index in [1.165, 1.54) is 5.57 Å². The van der Waals surface area contributed by atoms with Crippen LogP contribution in [0.2, 0.25) is 0 Å². The summed E-state index contributed by atoms with van der Waals surface area (Å²) in [6.07, 6.45) is -0.190. The third-order valence-corrected chi connectivity index (χ3v) is 3.63. The molecular weight excluding hydrogens is 288 g/mol. The molecule has 1 aliphatic heterocycles. The molecule has 0 amide bonds. The van der Waals surface area contributed by atoms with Crippen LogP contribution in [-0.2, 0) is 9.47 Å². The fourth-order valence-electron chi connectivity index (χ4n) is 2.18. The summed E-state index contributed by atoms with van der Waals surface area (Å²) in [6, 6.07) is 0. The minimum atomic E-state index is -1.40. The summed E-state index contributed by atoms with van der Waals surface area (Å²) in [5, 5.41) is 38.2. The van der Waals surface area contributed by atoms with Gasteiger partial charge in [0.05, 0.1) is 13.2 Å². The molecule has 6 heteroatoms. The topological polar surface area (TPSA) is 99.4 Å². The molecule has 0 bridgehead atoms. The summed E-state index contributed by atoms with van der Waals surface area (Å²) >= 11 is 0. The summed E-state index contributed by atoms with van der Waals surface area (Å²) in [6.45, 7) is 5.88. The van der Waals surface area contributed by atoms with Gasteiger partial charge in [0.1, 0.15) is 24.4 Å². The van der Waals surface area contributed by atoms with Gasteiger partial charge >= 0.3 is 0 Å². The summed E-state index contributed by atoms with van der Waals surface area (Å²) in [4.78, 5) is 0. The van der Waals surface area contributed by atoms with Crippen LogP contribution in [0.25, 0.3) is 0 Å². The van der Waals surface area contributed by atoms with Gasteiger partial charge in [-0.25, -0.2) is 0 Å². The quantitative estimate of drug-likeness (QED) is 0.510. The number of hydrogen-bond acceptors (Lipinski definition) is 6. The van der Waals surface area contributed by atoms with Crippen LogP contribution in [0.4, 0.5) is 0 Å². The minimum Gasteiger partial charge on any atom is -0.394 e. The number of aliphatic hydroxyl groups is 4. The number of allylic oxidation sites excluding steroid dienone is 3. The molecule has 0 aromatic heterocycles. The molecule has 6 nitrogen and oxygen atoms in total. The Balaban J connectivity index is 2.44. The highest BCUT2D eigenvalue weighted by molar-refractivity contribution is 5.02. The average Bonchev–Trinajstić information content (AvgIpc) is 2.47. The number of rotatable bonds is 7. The van der Waals surface area contributed by atoms with Crippen LogP contribution >= 0.6 is 0 Å². The Hall–Kier alpha value is -0.760. The zero-order valence-electron chi connectivity index (χ0n) is 13.5. The molecule has 1 unspecified atom stereocenters. The molecule has 1 fully saturated rings. The molecule has 1 aliphatic rings. The van der Waals surface area contributed by atoms with E-state index in [1.54, 1.807) is 0 Å². The first-order valence-electron chi connectivity index (χ1n) is 7.58. The highest BCUT2D eigenvalue weighted by Crippen LogP contribution is 2.22. The predicted molar refractivity (Wildman–Crippen MR) is 82.1 cm³/mol. The minimum absolute atomic E-state index is 0.226. The number of hydrogen-bond donors (Lipinski definition) is 4. The maximum atomic E-state index is 9.82. The van der Waals surface area contributed by atoms with Crippen molar-refractivity contribution in [2.75, 3.05) is 13.2 Å². The summed E-state index contributed by atoms with van der Waals surface area (Å²) in [5.41, 5.74) is 2.44. The molecule has 0 aromatic rings. The fraction of sp³-hybridized carbons (Fsp3) is 0.750. The first-order valence-corrected chi connectivity index (χ1v) is 7.58. The number of aliphatic hydroxyl groups excluding tert-OH is 4. The molecule has 22 heavy (non-hydrogen) atoms. The van der Waals surface area contributed by atoms with Crippen LogP contribution < -0.4 is 0 Å². The van der Waals surface area contributed by atoms with E-state index in [1.807, 2.05) is 13.0 Å². The van der Waals surface area contributed by atoms with E-state index in [2.05, 4.69) is 19.9 Å². The van der Waals surface area contributed by atoms with Crippen molar-refractivity contribution in [1.82, 2.24) is 0 Å². The van der Waals surface area contributed by atoms with Gasteiger partial charge in [-0.1, -0.05) is 23.3 Å². The number of ether oxygens (including phenoxy) is 2. The second-order valence-corrected chi connectivity index (χ2v) is 5.90. The molecule has 0 saturated carbocycles. The summed E-state index contributed by atoms with van der Waals surface area (Å²) < 4.78 is 10.7. The summed E-state index contributed by atoms with van der Waals surface area (Å²) in [7, 11) is 0. The molecule has 0 radical (unpaired) electrons. The Kier molecular flexibility index (Phi) is 8.24. The van der Waals surface area contributed by atoms with E-state index >= 15 is 0 Å². The van der Waals surface area contributed by atoms with Gasteiger partial charge in [0.25, 0.3) is 0 Å². The van der Waals surface area contributed by atoms with Crippen LogP contribution in [0.15, 0.2) is 23.3 Å². The van der Waals surface area contributed by atoms with E-state index in [0.717, 1.165) is 18.4 Å². The molecule has 1 rings (SSSR count). The van der Waals surface area contributed by atoms with Gasteiger partial charge in [-0.05, 0) is 33.6 Å². The standard InChI is InChI=1S/C16H28O6/c1-10(2)5-4-6-11(3)7-8-21-16-15(20)14(19)13(18)12(9-17)22-16/h5,7,12-20H,4,6,8-9H2,1-3H3/t12-,13-,14+,15-,16?/m1/s1. The van der Waals surface area contributed by atoms with Crippen molar-refractivity contribution >= 4 is 0 Å². The highest BCUT2D eigenvalue weighted by Gasteiger charge is 2.43. The highest BCUT2D eigenvalue weighted by atomic mass is 16.7. The Bertz CT molecular complexity index is 386. The van der Waals surface area contributed by atoms with Crippen LogP contribution in [0.3, 0.4) is 0 Å². The van der Waals surface area contributed by atoms with Crippen molar-refractivity contribution in [1.29, 1.82) is 0 Å². The van der Waals surface area contributed by atoms with Crippen molar-refractivity contribution in [2.45, 2.75) is 64.3 Å². The third-order valence-electron chi connectivity index (χ3n) is 3.63. The van der Waals surface area contributed by atoms with Crippen molar-refractivity contribution in [3.8, 4) is 0 Å². The lowest BCUT2D eigenvalue weighted by Crippen LogP contribution is -2.59. The maximum Gasteiger partial charge on any atom is 0.187 e. The van der Waals surface area contributed by atoms with Crippen LogP contribution in [0, 0.1) is 0 Å². The largest absolute Gasteiger partial charge is 0.394 e. The average molecular weight is 316 g/mol. The second kappa shape index (κ2) is 9.39. The SMILES string of the molecule is CC(C)=CCCC(C)=CCOC1O[C@H](CO)[C@@H](O)[C@H](O)[C@H]1O. The molecule has 1 heterocycles. The lowest BCUT2D eigenvalue weighted by molar-refractivity contribution is -0.298. The van der Waals surface area contributed by atoms with E-state index in [-0.39, 0.29) is 6.61 Å². The lowest BCUT2D eigenvalue weighted by atomic mass is 9.99. The molecule has 128 valence electrons. The Morgan fingerprint density at radius 2 is 1.73 bits per heavy atom. The predicted octanol–water partition coefficient (Wildman–Crippen LogP) is 0.496. The monoisotopic (exact) mass is 316 g/mol. The van der Waals surface area contributed by atoms with E-state index in [0.29, 0.717) is 0 Å². The molecule has 0 aromatic carbocycles. The Labute approximate surface area is 131 Å². The molecule has 4 N–H and O–H groups in total. The maximum absolute atomic E-state index is 9.82. The van der Waals surface area contributed by atoms with Crippen molar-refractivity contribution in [3.05, 3.63) is 23.3 Å². The van der Waals surface area contributed by atoms with Gasteiger partial charge in [0.15, 0.2) is 6.29 Å². The zero-order chi connectivity index (χ0) is 16.7.